The van der Waals surface area contributed by atoms with E-state index in [1.54, 1.807) is 24.3 Å². The zero-order valence-electron chi connectivity index (χ0n) is 15.0. The van der Waals surface area contributed by atoms with Crippen molar-refractivity contribution in [3.63, 3.8) is 0 Å². The van der Waals surface area contributed by atoms with Gasteiger partial charge in [0.2, 0.25) is 11.6 Å². The molecule has 0 aliphatic carbocycles. The average molecular weight is 352 g/mol. The summed E-state index contributed by atoms with van der Waals surface area (Å²) in [6, 6.07) is 18.3. The predicted octanol–water partition coefficient (Wildman–Crippen LogP) is 4.43. The Balaban J connectivity index is 2.06. The molecule has 0 spiro atoms. The lowest BCUT2D eigenvalue weighted by molar-refractivity contribution is -0.111. The van der Waals surface area contributed by atoms with E-state index < -0.39 is 0 Å². The van der Waals surface area contributed by atoms with E-state index in [1.807, 2.05) is 43.3 Å². The highest BCUT2D eigenvalue weighted by molar-refractivity contribution is 6.09. The number of hydrogen-bond acceptors (Lipinski definition) is 3. The van der Waals surface area contributed by atoms with E-state index in [2.05, 4.69) is 23.7 Å². The monoisotopic (exact) mass is 352 g/mol. The summed E-state index contributed by atoms with van der Waals surface area (Å²) in [5.74, 6) is 11.2. The maximum atomic E-state index is 12.2. The number of carbonyl (C=O) groups is 2. The molecular formula is C24H16O3. The fourth-order valence-electron chi connectivity index (χ4n) is 2.50. The molecule has 0 bridgehead atoms. The van der Waals surface area contributed by atoms with E-state index in [-0.39, 0.29) is 11.6 Å². The Bertz CT molecular complexity index is 1110. The molecule has 0 N–H and O–H groups in total. The quantitative estimate of drug-likeness (QED) is 0.506. The molecule has 0 fully saturated rings. The Morgan fingerprint density at radius 1 is 0.852 bits per heavy atom. The molecule has 27 heavy (non-hydrogen) atoms. The van der Waals surface area contributed by atoms with Gasteiger partial charge >= 0.3 is 0 Å². The van der Waals surface area contributed by atoms with E-state index in [4.69, 9.17) is 4.42 Å². The molecule has 0 radical (unpaired) electrons. The van der Waals surface area contributed by atoms with Crippen LogP contribution in [0.5, 0.6) is 0 Å². The second-order valence-electron chi connectivity index (χ2n) is 5.88. The molecule has 0 unspecified atom stereocenters. The van der Waals surface area contributed by atoms with Crippen molar-refractivity contribution >= 4 is 11.6 Å². The first-order valence-corrected chi connectivity index (χ1v) is 8.39. The summed E-state index contributed by atoms with van der Waals surface area (Å²) in [5, 5.41) is 0. The van der Waals surface area contributed by atoms with Gasteiger partial charge in [0.1, 0.15) is 0 Å². The van der Waals surface area contributed by atoms with Gasteiger partial charge in [-0.3, -0.25) is 9.59 Å². The standard InChI is InChI=1S/C24H16O3/c1-17(25)13-14-21-18(2)23(27-24(21)20-11-7-4-8-12-20)16-15-22(26)19-9-5-3-6-10-19/h3-12H,1-2H3. The summed E-state index contributed by atoms with van der Waals surface area (Å²) in [5.41, 5.74) is 2.66. The van der Waals surface area contributed by atoms with Crippen LogP contribution in [-0.2, 0) is 4.79 Å². The molecule has 3 rings (SSSR count). The molecule has 1 heterocycles. The van der Waals surface area contributed by atoms with Gasteiger partial charge in [-0.05, 0) is 24.7 Å². The van der Waals surface area contributed by atoms with Crippen molar-refractivity contribution in [2.45, 2.75) is 13.8 Å². The van der Waals surface area contributed by atoms with Crippen molar-refractivity contribution in [1.29, 1.82) is 0 Å². The van der Waals surface area contributed by atoms with Crippen molar-refractivity contribution in [3.05, 3.63) is 83.1 Å². The van der Waals surface area contributed by atoms with Crippen molar-refractivity contribution in [3.8, 4) is 35.0 Å². The van der Waals surface area contributed by atoms with Crippen LogP contribution < -0.4 is 0 Å². The minimum absolute atomic E-state index is 0.235. The summed E-state index contributed by atoms with van der Waals surface area (Å²) < 4.78 is 5.91. The Labute approximate surface area is 158 Å². The van der Waals surface area contributed by atoms with Crippen LogP contribution in [0.4, 0.5) is 0 Å². The molecule has 0 amide bonds. The number of hydrogen-bond donors (Lipinski definition) is 0. The van der Waals surface area contributed by atoms with Crippen LogP contribution in [0.1, 0.15) is 34.2 Å². The van der Waals surface area contributed by atoms with Crippen molar-refractivity contribution < 1.29 is 14.0 Å². The number of Topliss-reactive ketones (excluding diaryl/α,β-unsaturated/α-hetero) is 2. The Kier molecular flexibility index (Phi) is 5.36. The average Bonchev–Trinajstić information content (AvgIpc) is 3.01. The zero-order chi connectivity index (χ0) is 19.2. The summed E-state index contributed by atoms with van der Waals surface area (Å²) >= 11 is 0. The van der Waals surface area contributed by atoms with Gasteiger partial charge in [-0.2, -0.15) is 0 Å². The van der Waals surface area contributed by atoms with Crippen LogP contribution in [0.2, 0.25) is 0 Å². The molecule has 3 heteroatoms. The van der Waals surface area contributed by atoms with E-state index in [1.165, 1.54) is 6.92 Å². The first-order valence-electron chi connectivity index (χ1n) is 8.39. The molecule has 0 aliphatic heterocycles. The Morgan fingerprint density at radius 2 is 1.48 bits per heavy atom. The van der Waals surface area contributed by atoms with Crippen LogP contribution in [-0.4, -0.2) is 11.6 Å². The summed E-state index contributed by atoms with van der Waals surface area (Å²) in [6.45, 7) is 3.22. The first-order chi connectivity index (χ1) is 13.1. The number of rotatable bonds is 2. The topological polar surface area (TPSA) is 47.3 Å². The molecule has 1 aromatic heterocycles. The summed E-state index contributed by atoms with van der Waals surface area (Å²) in [7, 11) is 0. The van der Waals surface area contributed by atoms with Crippen LogP contribution in [0.3, 0.4) is 0 Å². The molecule has 2 aromatic carbocycles. The fraction of sp³-hybridized carbons (Fsp3) is 0.0833. The Hall–Kier alpha value is -3.82. The molecule has 130 valence electrons. The largest absolute Gasteiger partial charge is 0.446 e. The van der Waals surface area contributed by atoms with Crippen LogP contribution >= 0.6 is 0 Å². The number of ketones is 2. The lowest BCUT2D eigenvalue weighted by atomic mass is 10.0. The summed E-state index contributed by atoms with van der Waals surface area (Å²) in [4.78, 5) is 23.5. The molecule has 3 aromatic rings. The lowest BCUT2D eigenvalue weighted by Crippen LogP contribution is -1.93. The van der Waals surface area contributed by atoms with Gasteiger partial charge in [0.25, 0.3) is 0 Å². The van der Waals surface area contributed by atoms with Gasteiger partial charge in [-0.1, -0.05) is 66.6 Å². The SMILES string of the molecule is CC(=O)C#Cc1c(-c2ccccc2)oc(C#CC(=O)c2ccccc2)c1C. The third-order valence-electron chi connectivity index (χ3n) is 3.87. The van der Waals surface area contributed by atoms with Gasteiger partial charge in [0.05, 0.1) is 5.56 Å². The van der Waals surface area contributed by atoms with E-state index >= 15 is 0 Å². The van der Waals surface area contributed by atoms with Crippen molar-refractivity contribution in [1.82, 2.24) is 0 Å². The number of carbonyl (C=O) groups excluding carboxylic acids is 2. The normalized spacial score (nSPS) is 9.56. The second-order valence-corrected chi connectivity index (χ2v) is 5.88. The minimum Gasteiger partial charge on any atom is -0.446 e. The zero-order valence-corrected chi connectivity index (χ0v) is 15.0. The van der Waals surface area contributed by atoms with Crippen molar-refractivity contribution in [2.24, 2.45) is 0 Å². The highest BCUT2D eigenvalue weighted by atomic mass is 16.3. The maximum absolute atomic E-state index is 12.2. The third-order valence-corrected chi connectivity index (χ3v) is 3.87. The smallest absolute Gasteiger partial charge is 0.236 e. The van der Waals surface area contributed by atoms with Gasteiger partial charge in [0.15, 0.2) is 11.5 Å². The van der Waals surface area contributed by atoms with Crippen LogP contribution in [0.15, 0.2) is 65.1 Å². The van der Waals surface area contributed by atoms with E-state index in [0.29, 0.717) is 28.2 Å². The fourth-order valence-corrected chi connectivity index (χ4v) is 2.50. The number of benzene rings is 2. The highest BCUT2D eigenvalue weighted by Crippen LogP contribution is 2.30. The molecule has 0 saturated heterocycles. The predicted molar refractivity (Wildman–Crippen MR) is 104 cm³/mol. The lowest BCUT2D eigenvalue weighted by Gasteiger charge is -1.97. The molecule has 0 atom stereocenters. The molecule has 0 saturated carbocycles. The first kappa shape index (κ1) is 18.0. The molecule has 3 nitrogen and oxygen atoms in total. The second kappa shape index (κ2) is 8.04. The summed E-state index contributed by atoms with van der Waals surface area (Å²) in [6.07, 6.45) is 0. The van der Waals surface area contributed by atoms with Gasteiger partial charge in [-0.15, -0.1) is 0 Å². The highest BCUT2D eigenvalue weighted by Gasteiger charge is 2.16. The van der Waals surface area contributed by atoms with E-state index in [0.717, 1.165) is 5.56 Å². The number of furan rings is 1. The van der Waals surface area contributed by atoms with Crippen LogP contribution in [0.25, 0.3) is 11.3 Å². The molecule has 0 aliphatic rings. The maximum Gasteiger partial charge on any atom is 0.236 e. The van der Waals surface area contributed by atoms with Crippen LogP contribution in [0, 0.1) is 30.6 Å². The molecular weight excluding hydrogens is 336 g/mol. The van der Waals surface area contributed by atoms with Crippen molar-refractivity contribution in [2.75, 3.05) is 0 Å². The Morgan fingerprint density at radius 3 is 2.11 bits per heavy atom. The van der Waals surface area contributed by atoms with E-state index in [9.17, 15) is 9.59 Å². The van der Waals surface area contributed by atoms with Gasteiger partial charge in [-0.25, -0.2) is 0 Å². The van der Waals surface area contributed by atoms with Gasteiger partial charge < -0.3 is 4.42 Å². The van der Waals surface area contributed by atoms with Gasteiger partial charge in [0, 0.05) is 23.6 Å². The minimum atomic E-state index is -0.288. The third kappa shape index (κ3) is 4.24.